The van der Waals surface area contributed by atoms with Crippen molar-refractivity contribution in [2.24, 2.45) is 0 Å². The molecule has 0 bridgehead atoms. The van der Waals surface area contributed by atoms with Crippen molar-refractivity contribution < 1.29 is 14.0 Å². The Hall–Kier alpha value is -2.69. The van der Waals surface area contributed by atoms with Gasteiger partial charge in [0.1, 0.15) is 5.82 Å². The first kappa shape index (κ1) is 17.1. The zero-order valence-corrected chi connectivity index (χ0v) is 14.4. The summed E-state index contributed by atoms with van der Waals surface area (Å²) in [4.78, 5) is 26.0. The van der Waals surface area contributed by atoms with Crippen LogP contribution in [0, 0.1) is 12.7 Å². The average molecular weight is 340 g/mol. The van der Waals surface area contributed by atoms with Gasteiger partial charge in [-0.2, -0.15) is 0 Å². The number of rotatable bonds is 5. The van der Waals surface area contributed by atoms with E-state index in [0.29, 0.717) is 11.4 Å². The summed E-state index contributed by atoms with van der Waals surface area (Å²) in [5.74, 6) is -0.797. The number of anilines is 2. The van der Waals surface area contributed by atoms with Gasteiger partial charge in [-0.3, -0.25) is 9.59 Å². The minimum atomic E-state index is -0.450. The fraction of sp³-hybridized carbons (Fsp3) is 0.300. The predicted molar refractivity (Wildman–Crippen MR) is 96.1 cm³/mol. The highest BCUT2D eigenvalue weighted by molar-refractivity contribution is 6.01. The first-order valence-corrected chi connectivity index (χ1v) is 8.39. The minimum absolute atomic E-state index is 0.108. The molecule has 2 amide bonds. The first-order valence-electron chi connectivity index (χ1n) is 8.39. The molecule has 0 atom stereocenters. The maximum atomic E-state index is 13.7. The highest BCUT2D eigenvalue weighted by Gasteiger charge is 2.33. The number of carbonyl (C=O) groups is 2. The van der Waals surface area contributed by atoms with Crippen molar-refractivity contribution in [3.05, 3.63) is 59.4 Å². The quantitative estimate of drug-likeness (QED) is 0.899. The highest BCUT2D eigenvalue weighted by atomic mass is 19.1. The van der Waals surface area contributed by atoms with Gasteiger partial charge in [0.2, 0.25) is 11.8 Å². The summed E-state index contributed by atoms with van der Waals surface area (Å²) in [6.07, 6.45) is 2.04. The number of nitrogens with one attached hydrogen (secondary N) is 1. The number of nitrogens with zero attached hydrogens (tertiary/aromatic N) is 1. The monoisotopic (exact) mass is 340 g/mol. The Morgan fingerprint density at radius 3 is 2.60 bits per heavy atom. The second-order valence-corrected chi connectivity index (χ2v) is 6.50. The van der Waals surface area contributed by atoms with Crippen molar-refractivity contribution in [3.8, 4) is 0 Å². The van der Waals surface area contributed by atoms with E-state index in [9.17, 15) is 14.0 Å². The standard InChI is InChI=1S/C20H21FN2O2/c1-13-4-3-5-15(10-13)11-20(25)22-18-12-16(21)6-9-19(18)23(14(2)24)17-7-8-17/h3-6,9-10,12,17H,7-8,11H2,1-2H3,(H,22,25). The molecule has 0 radical (unpaired) electrons. The molecule has 1 aliphatic carbocycles. The van der Waals surface area contributed by atoms with E-state index < -0.39 is 5.82 Å². The molecule has 0 spiro atoms. The van der Waals surface area contributed by atoms with E-state index in [1.54, 1.807) is 11.0 Å². The van der Waals surface area contributed by atoms with Crippen molar-refractivity contribution in [1.82, 2.24) is 0 Å². The smallest absolute Gasteiger partial charge is 0.228 e. The zero-order chi connectivity index (χ0) is 18.0. The lowest BCUT2D eigenvalue weighted by Crippen LogP contribution is -2.32. The van der Waals surface area contributed by atoms with Crippen LogP contribution in [0.5, 0.6) is 0 Å². The Morgan fingerprint density at radius 2 is 1.96 bits per heavy atom. The summed E-state index contributed by atoms with van der Waals surface area (Å²) in [5.41, 5.74) is 2.85. The van der Waals surface area contributed by atoms with E-state index in [4.69, 9.17) is 0 Å². The topological polar surface area (TPSA) is 49.4 Å². The summed E-state index contributed by atoms with van der Waals surface area (Å²) in [5, 5.41) is 2.76. The second kappa shape index (κ2) is 7.05. The number of amides is 2. The molecule has 0 unspecified atom stereocenters. The van der Waals surface area contributed by atoms with Crippen LogP contribution in [0.25, 0.3) is 0 Å². The molecule has 0 aromatic heterocycles. The lowest BCUT2D eigenvalue weighted by molar-refractivity contribution is -0.117. The SMILES string of the molecule is CC(=O)N(c1ccc(F)cc1NC(=O)Cc1cccc(C)c1)C1CC1. The molecule has 25 heavy (non-hydrogen) atoms. The molecular weight excluding hydrogens is 319 g/mol. The molecule has 1 fully saturated rings. The molecule has 1 aliphatic rings. The van der Waals surface area contributed by atoms with Gasteiger partial charge in [-0.1, -0.05) is 29.8 Å². The number of aryl methyl sites for hydroxylation is 1. The van der Waals surface area contributed by atoms with Crippen molar-refractivity contribution in [2.75, 3.05) is 10.2 Å². The molecule has 2 aromatic rings. The van der Waals surface area contributed by atoms with Gasteiger partial charge in [-0.15, -0.1) is 0 Å². The molecular formula is C20H21FN2O2. The molecule has 4 nitrogen and oxygen atoms in total. The molecule has 0 heterocycles. The van der Waals surface area contributed by atoms with Gasteiger partial charge < -0.3 is 10.2 Å². The van der Waals surface area contributed by atoms with Gasteiger partial charge in [0.05, 0.1) is 17.8 Å². The lowest BCUT2D eigenvalue weighted by Gasteiger charge is -2.24. The molecule has 1 N–H and O–H groups in total. The fourth-order valence-corrected chi connectivity index (χ4v) is 2.98. The van der Waals surface area contributed by atoms with Crippen LogP contribution in [0.3, 0.4) is 0 Å². The summed E-state index contributed by atoms with van der Waals surface area (Å²) >= 11 is 0. The predicted octanol–water partition coefficient (Wildman–Crippen LogP) is 3.83. The van der Waals surface area contributed by atoms with Gasteiger partial charge in [0.25, 0.3) is 0 Å². The van der Waals surface area contributed by atoms with Crippen molar-refractivity contribution in [1.29, 1.82) is 0 Å². The average Bonchev–Trinajstić information content (AvgIpc) is 3.34. The maximum absolute atomic E-state index is 13.7. The van der Waals surface area contributed by atoms with E-state index >= 15 is 0 Å². The van der Waals surface area contributed by atoms with Crippen LogP contribution in [-0.2, 0) is 16.0 Å². The first-order chi connectivity index (χ1) is 11.9. The van der Waals surface area contributed by atoms with E-state index in [1.165, 1.54) is 19.1 Å². The summed E-state index contributed by atoms with van der Waals surface area (Å²) in [6.45, 7) is 3.45. The third-order valence-electron chi connectivity index (χ3n) is 4.19. The fourth-order valence-electron chi connectivity index (χ4n) is 2.98. The maximum Gasteiger partial charge on any atom is 0.228 e. The molecule has 130 valence electrons. The number of halogens is 1. The number of carbonyl (C=O) groups excluding carboxylic acids is 2. The van der Waals surface area contributed by atoms with Crippen molar-refractivity contribution in [3.63, 3.8) is 0 Å². The zero-order valence-electron chi connectivity index (χ0n) is 14.4. The molecule has 0 aliphatic heterocycles. The summed E-state index contributed by atoms with van der Waals surface area (Å²) < 4.78 is 13.7. The number of hydrogen-bond acceptors (Lipinski definition) is 2. The summed E-state index contributed by atoms with van der Waals surface area (Å²) in [7, 11) is 0. The third-order valence-corrected chi connectivity index (χ3v) is 4.19. The van der Waals surface area contributed by atoms with Crippen LogP contribution >= 0.6 is 0 Å². The Morgan fingerprint density at radius 1 is 1.20 bits per heavy atom. The molecule has 1 saturated carbocycles. The largest absolute Gasteiger partial charge is 0.324 e. The highest BCUT2D eigenvalue weighted by Crippen LogP contribution is 2.36. The van der Waals surface area contributed by atoms with Crippen LogP contribution in [-0.4, -0.2) is 17.9 Å². The van der Waals surface area contributed by atoms with E-state index in [0.717, 1.165) is 24.0 Å². The molecule has 0 saturated heterocycles. The molecule has 2 aromatic carbocycles. The number of hydrogen-bond donors (Lipinski definition) is 1. The second-order valence-electron chi connectivity index (χ2n) is 6.50. The molecule has 3 rings (SSSR count). The Kier molecular flexibility index (Phi) is 4.83. The third kappa shape index (κ3) is 4.24. The summed E-state index contributed by atoms with van der Waals surface area (Å²) in [6, 6.07) is 11.9. The minimum Gasteiger partial charge on any atom is -0.324 e. The van der Waals surface area contributed by atoms with Crippen LogP contribution in [0.2, 0.25) is 0 Å². The van der Waals surface area contributed by atoms with Crippen LogP contribution in [0.1, 0.15) is 30.9 Å². The van der Waals surface area contributed by atoms with E-state index in [-0.39, 0.29) is 24.3 Å². The number of benzene rings is 2. The van der Waals surface area contributed by atoms with Gasteiger partial charge in [-0.25, -0.2) is 4.39 Å². The molecule has 5 heteroatoms. The lowest BCUT2D eigenvalue weighted by atomic mass is 10.1. The normalized spacial score (nSPS) is 13.4. The Balaban J connectivity index is 1.82. The van der Waals surface area contributed by atoms with Gasteiger partial charge >= 0.3 is 0 Å². The van der Waals surface area contributed by atoms with Crippen molar-refractivity contribution in [2.45, 2.75) is 39.2 Å². The Bertz CT molecular complexity index is 815. The van der Waals surface area contributed by atoms with Gasteiger partial charge in [0.15, 0.2) is 0 Å². The van der Waals surface area contributed by atoms with Crippen LogP contribution in [0.4, 0.5) is 15.8 Å². The van der Waals surface area contributed by atoms with Crippen molar-refractivity contribution >= 4 is 23.2 Å². The van der Waals surface area contributed by atoms with Gasteiger partial charge in [0, 0.05) is 13.0 Å². The van der Waals surface area contributed by atoms with E-state index in [1.807, 2.05) is 31.2 Å². The van der Waals surface area contributed by atoms with Gasteiger partial charge in [-0.05, 0) is 43.5 Å². The van der Waals surface area contributed by atoms with Crippen LogP contribution < -0.4 is 10.2 Å². The Labute approximate surface area is 146 Å². The van der Waals surface area contributed by atoms with Crippen LogP contribution in [0.15, 0.2) is 42.5 Å². The van der Waals surface area contributed by atoms with E-state index in [2.05, 4.69) is 5.32 Å².